The summed E-state index contributed by atoms with van der Waals surface area (Å²) in [7, 11) is 0. The van der Waals surface area contributed by atoms with E-state index in [4.69, 9.17) is 4.42 Å². The van der Waals surface area contributed by atoms with E-state index in [0.717, 1.165) is 72.5 Å². The number of aromatic nitrogens is 1. The molecular formula is C68H44N2O. The molecule has 0 saturated carbocycles. The van der Waals surface area contributed by atoms with Crippen LogP contribution in [0.5, 0.6) is 0 Å². The molecule has 0 unspecified atom stereocenters. The van der Waals surface area contributed by atoms with Gasteiger partial charge in [0.05, 0.1) is 16.7 Å². The van der Waals surface area contributed by atoms with Gasteiger partial charge in [-0.15, -0.1) is 0 Å². The Hall–Kier alpha value is -9.44. The molecule has 332 valence electrons. The van der Waals surface area contributed by atoms with Gasteiger partial charge in [-0.2, -0.15) is 0 Å². The molecule has 0 aliphatic heterocycles. The Morgan fingerprint density at radius 3 is 1.61 bits per heavy atom. The Balaban J connectivity index is 0.857. The van der Waals surface area contributed by atoms with Gasteiger partial charge in [-0.25, -0.2) is 0 Å². The maximum absolute atomic E-state index is 6.43. The third-order valence-electron chi connectivity index (χ3n) is 14.4. The first-order valence-electron chi connectivity index (χ1n) is 24.3. The van der Waals surface area contributed by atoms with Crippen molar-refractivity contribution in [3.8, 4) is 50.2 Å². The summed E-state index contributed by atoms with van der Waals surface area (Å²) in [5.41, 5.74) is 17.8. The van der Waals surface area contributed by atoms with Crippen molar-refractivity contribution in [1.29, 1.82) is 0 Å². The highest BCUT2D eigenvalue weighted by atomic mass is 16.3. The number of benzene rings is 12. The second kappa shape index (κ2) is 16.7. The highest BCUT2D eigenvalue weighted by Crippen LogP contribution is 2.46. The fraction of sp³-hybridized carbons (Fsp3) is 0. The van der Waals surface area contributed by atoms with Gasteiger partial charge >= 0.3 is 0 Å². The van der Waals surface area contributed by atoms with Crippen molar-refractivity contribution in [2.24, 2.45) is 0 Å². The van der Waals surface area contributed by atoms with E-state index in [0.29, 0.717) is 0 Å². The van der Waals surface area contributed by atoms with E-state index >= 15 is 0 Å². The number of furan rings is 1. The van der Waals surface area contributed by atoms with Gasteiger partial charge in [0.25, 0.3) is 0 Å². The first-order valence-corrected chi connectivity index (χ1v) is 24.3. The van der Waals surface area contributed by atoms with Gasteiger partial charge in [0, 0.05) is 44.2 Å². The average Bonchev–Trinajstić information content (AvgIpc) is 4.00. The van der Waals surface area contributed by atoms with Crippen LogP contribution in [0.4, 0.5) is 17.1 Å². The molecule has 0 radical (unpaired) electrons. The Kier molecular flexibility index (Phi) is 9.53. The van der Waals surface area contributed by atoms with E-state index in [2.05, 4.69) is 270 Å². The lowest BCUT2D eigenvalue weighted by molar-refractivity contribution is 0.669. The lowest BCUT2D eigenvalue weighted by Crippen LogP contribution is -2.11. The molecule has 0 atom stereocenters. The second-order valence-electron chi connectivity index (χ2n) is 18.4. The van der Waals surface area contributed by atoms with Gasteiger partial charge in [0.1, 0.15) is 11.2 Å². The fourth-order valence-corrected chi connectivity index (χ4v) is 11.0. The molecule has 0 bridgehead atoms. The maximum Gasteiger partial charge on any atom is 0.136 e. The average molecular weight is 905 g/mol. The van der Waals surface area contributed by atoms with Crippen LogP contribution in [-0.4, -0.2) is 4.57 Å². The zero-order valence-corrected chi connectivity index (χ0v) is 38.7. The van der Waals surface area contributed by atoms with E-state index in [1.54, 1.807) is 0 Å². The second-order valence-corrected chi connectivity index (χ2v) is 18.4. The topological polar surface area (TPSA) is 21.3 Å². The Bertz CT molecular complexity index is 4290. The van der Waals surface area contributed by atoms with Crippen LogP contribution in [0, 0.1) is 0 Å². The predicted octanol–water partition coefficient (Wildman–Crippen LogP) is 19.1. The van der Waals surface area contributed by atoms with Crippen LogP contribution in [0.15, 0.2) is 271 Å². The summed E-state index contributed by atoms with van der Waals surface area (Å²) >= 11 is 0. The number of rotatable bonds is 8. The molecule has 14 aromatic rings. The van der Waals surface area contributed by atoms with Gasteiger partial charge in [0.2, 0.25) is 0 Å². The maximum atomic E-state index is 6.43. The smallest absolute Gasteiger partial charge is 0.136 e. The molecule has 0 aliphatic carbocycles. The van der Waals surface area contributed by atoms with Gasteiger partial charge in [-0.3, -0.25) is 0 Å². The standard InChI is InChI=1S/C68H44N2O/c1-2-19-56-47(14-1)30-31-52-43-51(36-41-57(52)56)50-17-12-18-55(44-50)69(63-25-7-5-22-60(63)61-24-13-29-67-68(61)62-23-6-10-28-66(62)71-67)53-37-32-45(33-38-53)48-15-11-16-49(42-48)46-34-39-54(40-35-46)70-64-26-8-3-20-58(64)59-21-4-9-27-65(59)70/h1-44H. The lowest BCUT2D eigenvalue weighted by Gasteiger charge is -2.28. The van der Waals surface area contributed by atoms with Crippen LogP contribution in [-0.2, 0) is 0 Å². The number of hydrogen-bond acceptors (Lipinski definition) is 2. The zero-order valence-electron chi connectivity index (χ0n) is 38.7. The molecule has 12 aromatic carbocycles. The van der Waals surface area contributed by atoms with E-state index in [1.165, 1.54) is 60.0 Å². The quantitative estimate of drug-likeness (QED) is 0.142. The molecule has 0 amide bonds. The van der Waals surface area contributed by atoms with Crippen LogP contribution in [0.2, 0.25) is 0 Å². The predicted molar refractivity (Wildman–Crippen MR) is 299 cm³/mol. The largest absolute Gasteiger partial charge is 0.456 e. The van der Waals surface area contributed by atoms with Gasteiger partial charge in [-0.1, -0.05) is 188 Å². The lowest BCUT2D eigenvalue weighted by atomic mass is 9.95. The summed E-state index contributed by atoms with van der Waals surface area (Å²) in [5, 5.41) is 9.77. The molecule has 14 rings (SSSR count). The number of hydrogen-bond donors (Lipinski definition) is 0. The zero-order chi connectivity index (χ0) is 46.8. The van der Waals surface area contributed by atoms with Crippen LogP contribution >= 0.6 is 0 Å². The molecule has 0 fully saturated rings. The van der Waals surface area contributed by atoms with Gasteiger partial charge < -0.3 is 13.9 Å². The molecule has 0 N–H and O–H groups in total. The Morgan fingerprint density at radius 2 is 0.831 bits per heavy atom. The molecule has 3 heteroatoms. The minimum Gasteiger partial charge on any atom is -0.456 e. The highest BCUT2D eigenvalue weighted by molar-refractivity contribution is 6.14. The Morgan fingerprint density at radius 1 is 0.296 bits per heavy atom. The van der Waals surface area contributed by atoms with Gasteiger partial charge in [0.15, 0.2) is 0 Å². The number of fused-ring (bicyclic) bond motifs is 9. The summed E-state index contributed by atoms with van der Waals surface area (Å²) < 4.78 is 8.80. The molecular weight excluding hydrogens is 861 g/mol. The molecule has 0 spiro atoms. The number of para-hydroxylation sites is 4. The van der Waals surface area contributed by atoms with Crippen LogP contribution in [0.3, 0.4) is 0 Å². The normalized spacial score (nSPS) is 11.7. The monoisotopic (exact) mass is 904 g/mol. The van der Waals surface area contributed by atoms with E-state index < -0.39 is 0 Å². The molecule has 3 nitrogen and oxygen atoms in total. The number of anilines is 3. The minimum atomic E-state index is 0.877. The third-order valence-corrected chi connectivity index (χ3v) is 14.4. The van der Waals surface area contributed by atoms with Gasteiger partial charge in [-0.05, 0) is 139 Å². The van der Waals surface area contributed by atoms with E-state index in [-0.39, 0.29) is 0 Å². The van der Waals surface area contributed by atoms with Crippen molar-refractivity contribution >= 4 is 82.4 Å². The van der Waals surface area contributed by atoms with E-state index in [1.807, 2.05) is 6.07 Å². The van der Waals surface area contributed by atoms with Crippen LogP contribution in [0.25, 0.3) is 115 Å². The third kappa shape index (κ3) is 6.89. The van der Waals surface area contributed by atoms with E-state index in [9.17, 15) is 0 Å². The van der Waals surface area contributed by atoms with Crippen molar-refractivity contribution in [3.63, 3.8) is 0 Å². The van der Waals surface area contributed by atoms with Crippen LogP contribution in [0.1, 0.15) is 0 Å². The fourth-order valence-electron chi connectivity index (χ4n) is 11.0. The molecule has 0 saturated heterocycles. The Labute approximate surface area is 411 Å². The molecule has 2 aromatic heterocycles. The summed E-state index contributed by atoms with van der Waals surface area (Å²) in [6.07, 6.45) is 0. The summed E-state index contributed by atoms with van der Waals surface area (Å²) in [5.74, 6) is 0. The van der Waals surface area contributed by atoms with Crippen molar-refractivity contribution in [1.82, 2.24) is 4.57 Å². The first-order chi connectivity index (χ1) is 35.2. The SMILES string of the molecule is c1cc(-c2ccc(N(c3cccc(-c4ccc5c(ccc6ccccc65)c4)c3)c3ccccc3-c3cccc4oc5ccccc5c34)cc2)cc(-c2ccc(-n3c4ccccc4c4ccccc43)cc2)c1. The van der Waals surface area contributed by atoms with Crippen molar-refractivity contribution in [2.45, 2.75) is 0 Å². The summed E-state index contributed by atoms with van der Waals surface area (Å²) in [6, 6.07) is 96.7. The summed E-state index contributed by atoms with van der Waals surface area (Å²) in [6.45, 7) is 0. The van der Waals surface area contributed by atoms with Crippen molar-refractivity contribution in [3.05, 3.63) is 267 Å². The summed E-state index contributed by atoms with van der Waals surface area (Å²) in [4.78, 5) is 2.41. The molecule has 71 heavy (non-hydrogen) atoms. The van der Waals surface area contributed by atoms with Crippen molar-refractivity contribution in [2.75, 3.05) is 4.90 Å². The van der Waals surface area contributed by atoms with Crippen molar-refractivity contribution < 1.29 is 4.42 Å². The molecule has 2 heterocycles. The minimum absolute atomic E-state index is 0.877. The highest BCUT2D eigenvalue weighted by Gasteiger charge is 2.21. The molecule has 0 aliphatic rings. The number of nitrogens with zero attached hydrogens (tertiary/aromatic N) is 2. The van der Waals surface area contributed by atoms with Crippen LogP contribution < -0.4 is 4.90 Å². The first kappa shape index (κ1) is 40.6.